The number of halogens is 5. The molecule has 0 saturated heterocycles. The van der Waals surface area contributed by atoms with Crippen LogP contribution in [0.1, 0.15) is 27.2 Å². The Morgan fingerprint density at radius 2 is 0.603 bits per heavy atom. The molecule has 0 amide bonds. The summed E-state index contributed by atoms with van der Waals surface area (Å²) in [6, 6.07) is 0. The van der Waals surface area contributed by atoms with Crippen molar-refractivity contribution in [3.05, 3.63) is 29.1 Å². The van der Waals surface area contributed by atoms with Gasteiger partial charge in [-0.15, -0.1) is 0 Å². The molecule has 0 N–H and O–H groups in total. The molecule has 338 valence electrons. The standard InChI is InChI=1S/C37H59F5O16/c1-37(2,3)58-30(44)28-56-27-26-55-25-24-54-23-22-53-21-20-52-19-18-51-17-16-50-15-14-49-13-12-48-11-10-47-9-8-46-7-6-45-5-4-29(43)57-36-34(41)32(39)31(38)33(40)35(36)42/h4-28H2,1-3H3. The van der Waals surface area contributed by atoms with Gasteiger partial charge in [0.2, 0.25) is 34.8 Å². The molecule has 0 spiro atoms. The van der Waals surface area contributed by atoms with Gasteiger partial charge in [0.1, 0.15) is 12.2 Å². The molecule has 0 aliphatic carbocycles. The van der Waals surface area contributed by atoms with E-state index < -0.39 is 58.8 Å². The SMILES string of the molecule is CC(C)(C)OC(=O)COCCOCCOCCOCCOCCOCCOCCOCCOCCOCCOCCOCCC(=O)Oc1c(F)c(F)c(F)c(F)c1F. The first-order chi connectivity index (χ1) is 27.9. The van der Waals surface area contributed by atoms with E-state index in [0.29, 0.717) is 126 Å². The number of carbonyl (C=O) groups excluding carboxylic acids is 2. The Bertz CT molecular complexity index is 1180. The Balaban J connectivity index is 1.71. The molecule has 0 aliphatic rings. The third-order valence-corrected chi connectivity index (χ3v) is 6.57. The lowest BCUT2D eigenvalue weighted by Gasteiger charge is -2.19. The Labute approximate surface area is 335 Å². The fourth-order valence-corrected chi connectivity index (χ4v) is 3.94. The van der Waals surface area contributed by atoms with Gasteiger partial charge in [-0.25, -0.2) is 18.0 Å². The van der Waals surface area contributed by atoms with Crippen LogP contribution in [-0.4, -0.2) is 176 Å². The summed E-state index contributed by atoms with van der Waals surface area (Å²) >= 11 is 0. The lowest BCUT2D eigenvalue weighted by atomic mass is 10.2. The molecule has 0 bridgehead atoms. The van der Waals surface area contributed by atoms with E-state index in [2.05, 4.69) is 4.74 Å². The maximum absolute atomic E-state index is 13.6. The molecule has 0 heterocycles. The summed E-state index contributed by atoms with van der Waals surface area (Å²) in [5.74, 6) is -14.6. The highest BCUT2D eigenvalue weighted by Gasteiger charge is 2.28. The minimum absolute atomic E-state index is 0.0734. The topological polar surface area (TPSA) is 163 Å². The van der Waals surface area contributed by atoms with Crippen LogP contribution in [0.5, 0.6) is 5.75 Å². The molecule has 0 aliphatic heterocycles. The van der Waals surface area contributed by atoms with Crippen LogP contribution in [0.4, 0.5) is 22.0 Å². The van der Waals surface area contributed by atoms with Crippen molar-refractivity contribution in [2.45, 2.75) is 32.8 Å². The number of ether oxygens (including phenoxy) is 14. The Morgan fingerprint density at radius 1 is 0.362 bits per heavy atom. The summed E-state index contributed by atoms with van der Waals surface area (Å²) in [7, 11) is 0. The zero-order valence-corrected chi connectivity index (χ0v) is 33.6. The number of esters is 2. The second kappa shape index (κ2) is 35.1. The molecular weight excluding hydrogens is 795 g/mol. The van der Waals surface area contributed by atoms with Crippen molar-refractivity contribution >= 4 is 11.9 Å². The molecule has 21 heteroatoms. The van der Waals surface area contributed by atoms with Crippen molar-refractivity contribution < 1.29 is 97.9 Å². The molecule has 0 aromatic heterocycles. The van der Waals surface area contributed by atoms with E-state index in [-0.39, 0.29) is 33.0 Å². The van der Waals surface area contributed by atoms with Gasteiger partial charge in [0, 0.05) is 0 Å². The van der Waals surface area contributed by atoms with Crippen LogP contribution in [-0.2, 0) is 71.2 Å². The zero-order valence-electron chi connectivity index (χ0n) is 33.6. The summed E-state index contributed by atoms with van der Waals surface area (Å²) in [5.41, 5.74) is -0.532. The van der Waals surface area contributed by atoms with E-state index in [1.165, 1.54) is 0 Å². The summed E-state index contributed by atoms with van der Waals surface area (Å²) in [6.07, 6.45) is -0.493. The van der Waals surface area contributed by atoms with Gasteiger partial charge in [0.25, 0.3) is 0 Å². The average molecular weight is 855 g/mol. The Hall–Kier alpha value is -2.67. The highest BCUT2D eigenvalue weighted by atomic mass is 19.2. The number of rotatable bonds is 39. The van der Waals surface area contributed by atoms with Crippen LogP contribution >= 0.6 is 0 Å². The molecule has 16 nitrogen and oxygen atoms in total. The molecular formula is C37H59F5O16. The third kappa shape index (κ3) is 29.5. The quantitative estimate of drug-likeness (QED) is 0.0237. The van der Waals surface area contributed by atoms with Crippen molar-refractivity contribution in [1.29, 1.82) is 0 Å². The summed E-state index contributed by atoms with van der Waals surface area (Å²) in [5, 5.41) is 0. The summed E-state index contributed by atoms with van der Waals surface area (Å²) in [6.45, 7) is 13.2. The monoisotopic (exact) mass is 854 g/mol. The van der Waals surface area contributed by atoms with Crippen molar-refractivity contribution in [1.82, 2.24) is 0 Å². The van der Waals surface area contributed by atoms with Gasteiger partial charge in [-0.3, -0.25) is 4.79 Å². The molecule has 0 fully saturated rings. The van der Waals surface area contributed by atoms with E-state index >= 15 is 0 Å². The maximum atomic E-state index is 13.6. The van der Waals surface area contributed by atoms with Gasteiger partial charge in [-0.2, -0.15) is 8.78 Å². The van der Waals surface area contributed by atoms with Crippen molar-refractivity contribution in [3.8, 4) is 5.75 Å². The summed E-state index contributed by atoms with van der Waals surface area (Å²) < 4.78 is 140. The molecule has 0 atom stereocenters. The Kier molecular flexibility index (Phi) is 32.3. The van der Waals surface area contributed by atoms with Crippen LogP contribution in [0.2, 0.25) is 0 Å². The highest BCUT2D eigenvalue weighted by Crippen LogP contribution is 2.29. The average Bonchev–Trinajstić information content (AvgIpc) is 3.18. The van der Waals surface area contributed by atoms with Crippen LogP contribution in [0.15, 0.2) is 0 Å². The van der Waals surface area contributed by atoms with E-state index in [1.807, 2.05) is 0 Å². The number of hydrogen-bond donors (Lipinski definition) is 0. The first-order valence-electron chi connectivity index (χ1n) is 18.8. The lowest BCUT2D eigenvalue weighted by Crippen LogP contribution is -2.27. The maximum Gasteiger partial charge on any atom is 0.332 e. The van der Waals surface area contributed by atoms with Gasteiger partial charge >= 0.3 is 11.9 Å². The predicted octanol–water partition coefficient (Wildman–Crippen LogP) is 3.22. The second-order valence-electron chi connectivity index (χ2n) is 12.5. The minimum Gasteiger partial charge on any atom is -0.458 e. The minimum atomic E-state index is -2.35. The molecule has 1 aromatic rings. The van der Waals surface area contributed by atoms with Crippen LogP contribution < -0.4 is 4.74 Å². The van der Waals surface area contributed by atoms with Gasteiger partial charge in [-0.1, -0.05) is 0 Å². The molecule has 0 saturated carbocycles. The first-order valence-corrected chi connectivity index (χ1v) is 18.8. The van der Waals surface area contributed by atoms with E-state index in [4.69, 9.17) is 61.6 Å². The molecule has 58 heavy (non-hydrogen) atoms. The molecule has 0 unspecified atom stereocenters. The normalized spacial score (nSPS) is 11.7. The molecule has 1 aromatic carbocycles. The van der Waals surface area contributed by atoms with Crippen molar-refractivity contribution in [2.24, 2.45) is 0 Å². The fourth-order valence-electron chi connectivity index (χ4n) is 3.94. The van der Waals surface area contributed by atoms with Crippen LogP contribution in [0.25, 0.3) is 0 Å². The predicted molar refractivity (Wildman–Crippen MR) is 192 cm³/mol. The molecule has 0 radical (unpaired) electrons. The highest BCUT2D eigenvalue weighted by molar-refractivity contribution is 5.72. The van der Waals surface area contributed by atoms with E-state index in [9.17, 15) is 31.5 Å². The molecule has 1 rings (SSSR count). The van der Waals surface area contributed by atoms with Gasteiger partial charge in [-0.05, 0) is 20.8 Å². The Morgan fingerprint density at radius 3 is 0.879 bits per heavy atom. The van der Waals surface area contributed by atoms with E-state index in [1.54, 1.807) is 20.8 Å². The number of carbonyl (C=O) groups is 2. The lowest BCUT2D eigenvalue weighted by molar-refractivity contribution is -0.160. The van der Waals surface area contributed by atoms with E-state index in [0.717, 1.165) is 0 Å². The fraction of sp³-hybridized carbons (Fsp3) is 0.784. The van der Waals surface area contributed by atoms with Gasteiger partial charge < -0.3 is 66.3 Å². The van der Waals surface area contributed by atoms with Crippen LogP contribution in [0, 0.1) is 29.1 Å². The summed E-state index contributed by atoms with van der Waals surface area (Å²) in [4.78, 5) is 23.2. The van der Waals surface area contributed by atoms with Crippen molar-refractivity contribution in [3.63, 3.8) is 0 Å². The number of benzene rings is 1. The van der Waals surface area contributed by atoms with Gasteiger partial charge in [0.15, 0.2) is 0 Å². The second-order valence-corrected chi connectivity index (χ2v) is 12.5. The third-order valence-electron chi connectivity index (χ3n) is 6.57. The zero-order chi connectivity index (χ0) is 42.7. The first kappa shape index (κ1) is 53.3. The number of hydrogen-bond acceptors (Lipinski definition) is 16. The smallest absolute Gasteiger partial charge is 0.332 e. The van der Waals surface area contributed by atoms with Crippen molar-refractivity contribution in [2.75, 3.05) is 159 Å². The largest absolute Gasteiger partial charge is 0.458 e. The van der Waals surface area contributed by atoms with Crippen LogP contribution in [0.3, 0.4) is 0 Å². The van der Waals surface area contributed by atoms with Gasteiger partial charge in [0.05, 0.1) is 158 Å².